The summed E-state index contributed by atoms with van der Waals surface area (Å²) in [6.45, 7) is 3.10. The van der Waals surface area contributed by atoms with E-state index in [1.807, 2.05) is 41.1 Å². The molecule has 3 aromatic rings. The zero-order chi connectivity index (χ0) is 18.6. The Morgan fingerprint density at radius 3 is 2.74 bits per heavy atom. The number of nitrogens with zero attached hydrogens (tertiary/aromatic N) is 2. The largest absolute Gasteiger partial charge is 0.350 e. The first-order valence-electron chi connectivity index (χ1n) is 9.37. The Morgan fingerprint density at radius 1 is 1.15 bits per heavy atom. The van der Waals surface area contributed by atoms with Crippen LogP contribution in [0, 0.1) is 5.41 Å². The molecule has 1 atom stereocenters. The molecule has 2 aromatic carbocycles. The van der Waals surface area contributed by atoms with Crippen molar-refractivity contribution in [2.24, 2.45) is 0 Å². The van der Waals surface area contributed by atoms with Crippen molar-refractivity contribution in [1.82, 2.24) is 14.8 Å². The van der Waals surface area contributed by atoms with E-state index in [0.29, 0.717) is 0 Å². The first kappa shape index (κ1) is 17.5. The van der Waals surface area contributed by atoms with Crippen LogP contribution < -0.4 is 5.32 Å². The lowest BCUT2D eigenvalue weighted by Gasteiger charge is -2.17. The summed E-state index contributed by atoms with van der Waals surface area (Å²) in [5.41, 5.74) is 3.14. The molecule has 5 nitrogen and oxygen atoms in total. The van der Waals surface area contributed by atoms with Gasteiger partial charge in [0.05, 0.1) is 0 Å². The number of fused-ring (bicyclic) bond motifs is 1. The molecule has 138 valence electrons. The highest BCUT2D eigenvalue weighted by atomic mass is 16.2. The number of benzene rings is 2. The van der Waals surface area contributed by atoms with Gasteiger partial charge in [-0.15, -0.1) is 0 Å². The molecule has 1 amide bonds. The summed E-state index contributed by atoms with van der Waals surface area (Å²) in [5.74, 6) is 0.0267. The number of para-hydroxylation sites is 1. The van der Waals surface area contributed by atoms with Gasteiger partial charge in [-0.1, -0.05) is 48.5 Å². The maximum Gasteiger partial charge on any atom is 0.240 e. The Labute approximate surface area is 159 Å². The van der Waals surface area contributed by atoms with E-state index in [9.17, 15) is 4.79 Å². The van der Waals surface area contributed by atoms with Crippen LogP contribution in [0.2, 0.25) is 0 Å². The van der Waals surface area contributed by atoms with Gasteiger partial charge in [0.2, 0.25) is 5.91 Å². The average molecular weight is 360 g/mol. The van der Waals surface area contributed by atoms with Gasteiger partial charge in [-0.25, -0.2) is 0 Å². The fourth-order valence-corrected chi connectivity index (χ4v) is 3.88. The minimum Gasteiger partial charge on any atom is -0.350 e. The number of hydrogen-bond donors (Lipinski definition) is 2. The van der Waals surface area contributed by atoms with Gasteiger partial charge in [-0.05, 0) is 18.1 Å². The summed E-state index contributed by atoms with van der Waals surface area (Å²) >= 11 is 0. The third-order valence-electron chi connectivity index (χ3n) is 5.18. The molecule has 27 heavy (non-hydrogen) atoms. The molecule has 1 aliphatic rings. The van der Waals surface area contributed by atoms with E-state index >= 15 is 0 Å². The SMILES string of the molecule is N=Cc1cn(CC(=O)NC2CCN(Cc3ccccc3)C2)c2ccccc12. The van der Waals surface area contributed by atoms with Gasteiger partial charge in [0, 0.05) is 54.6 Å². The van der Waals surface area contributed by atoms with Crippen molar-refractivity contribution in [2.75, 3.05) is 13.1 Å². The van der Waals surface area contributed by atoms with Crippen molar-refractivity contribution in [2.45, 2.75) is 25.6 Å². The molecule has 1 fully saturated rings. The lowest BCUT2D eigenvalue weighted by Crippen LogP contribution is -2.38. The number of carbonyl (C=O) groups is 1. The fraction of sp³-hybridized carbons (Fsp3) is 0.273. The van der Waals surface area contributed by atoms with Crippen LogP contribution in [-0.4, -0.2) is 40.7 Å². The third kappa shape index (κ3) is 3.93. The Bertz CT molecular complexity index is 947. The highest BCUT2D eigenvalue weighted by Crippen LogP contribution is 2.20. The smallest absolute Gasteiger partial charge is 0.240 e. The van der Waals surface area contributed by atoms with Crippen LogP contribution in [0.25, 0.3) is 10.9 Å². The summed E-state index contributed by atoms with van der Waals surface area (Å²) in [5, 5.41) is 11.8. The van der Waals surface area contributed by atoms with E-state index in [-0.39, 0.29) is 18.5 Å². The summed E-state index contributed by atoms with van der Waals surface area (Å²) < 4.78 is 1.93. The molecule has 1 aromatic heterocycles. The predicted octanol–water partition coefficient (Wildman–Crippen LogP) is 3.03. The third-order valence-corrected chi connectivity index (χ3v) is 5.18. The Kier molecular flexibility index (Phi) is 5.03. The maximum atomic E-state index is 12.6. The molecule has 1 aliphatic heterocycles. The molecule has 0 spiro atoms. The average Bonchev–Trinajstić information content (AvgIpc) is 3.27. The molecule has 0 bridgehead atoms. The molecule has 0 radical (unpaired) electrons. The van der Waals surface area contributed by atoms with Crippen LogP contribution in [0.1, 0.15) is 17.5 Å². The van der Waals surface area contributed by atoms with E-state index in [0.717, 1.165) is 42.5 Å². The summed E-state index contributed by atoms with van der Waals surface area (Å²) in [7, 11) is 0. The first-order chi connectivity index (χ1) is 13.2. The van der Waals surface area contributed by atoms with Crippen molar-refractivity contribution >= 4 is 23.0 Å². The normalized spacial score (nSPS) is 17.3. The van der Waals surface area contributed by atoms with Crippen LogP contribution in [-0.2, 0) is 17.9 Å². The number of likely N-dealkylation sites (tertiary alicyclic amines) is 1. The maximum absolute atomic E-state index is 12.6. The second-order valence-electron chi connectivity index (χ2n) is 7.15. The molecule has 0 aliphatic carbocycles. The van der Waals surface area contributed by atoms with Crippen LogP contribution in [0.15, 0.2) is 60.8 Å². The van der Waals surface area contributed by atoms with E-state index < -0.39 is 0 Å². The van der Waals surface area contributed by atoms with E-state index in [4.69, 9.17) is 5.41 Å². The van der Waals surface area contributed by atoms with Crippen molar-refractivity contribution < 1.29 is 4.79 Å². The van der Waals surface area contributed by atoms with Gasteiger partial charge in [-0.2, -0.15) is 0 Å². The zero-order valence-electron chi connectivity index (χ0n) is 15.3. The number of rotatable bonds is 6. The Hall–Kier alpha value is -2.92. The van der Waals surface area contributed by atoms with Crippen LogP contribution in [0.4, 0.5) is 0 Å². The van der Waals surface area contributed by atoms with Gasteiger partial charge in [0.1, 0.15) is 6.54 Å². The van der Waals surface area contributed by atoms with Crippen LogP contribution >= 0.6 is 0 Å². The highest BCUT2D eigenvalue weighted by Gasteiger charge is 2.24. The molecule has 2 N–H and O–H groups in total. The van der Waals surface area contributed by atoms with Gasteiger partial charge in [-0.3, -0.25) is 9.69 Å². The van der Waals surface area contributed by atoms with Gasteiger partial charge >= 0.3 is 0 Å². The topological polar surface area (TPSA) is 61.1 Å². The number of nitrogens with one attached hydrogen (secondary N) is 2. The van der Waals surface area contributed by atoms with Crippen LogP contribution in [0.5, 0.6) is 0 Å². The molecular weight excluding hydrogens is 336 g/mol. The van der Waals surface area contributed by atoms with Gasteiger partial charge < -0.3 is 15.3 Å². The van der Waals surface area contributed by atoms with Crippen molar-refractivity contribution in [3.05, 3.63) is 71.9 Å². The minimum absolute atomic E-state index is 0.0267. The van der Waals surface area contributed by atoms with E-state index in [1.54, 1.807) is 0 Å². The number of amides is 1. The standard InChI is InChI=1S/C22H24N4O/c23-12-18-14-26(21-9-5-4-8-20(18)21)16-22(27)24-19-10-11-25(15-19)13-17-6-2-1-3-7-17/h1-9,12,14,19,23H,10-11,13,15-16H2,(H,24,27). The minimum atomic E-state index is 0.0267. The molecule has 4 rings (SSSR count). The lowest BCUT2D eigenvalue weighted by atomic mass is 10.2. The molecule has 5 heteroatoms. The highest BCUT2D eigenvalue weighted by molar-refractivity contribution is 5.98. The van der Waals surface area contributed by atoms with Crippen LogP contribution in [0.3, 0.4) is 0 Å². The monoisotopic (exact) mass is 360 g/mol. The van der Waals surface area contributed by atoms with Gasteiger partial charge in [0.15, 0.2) is 0 Å². The molecule has 0 saturated carbocycles. The van der Waals surface area contributed by atoms with Crippen molar-refractivity contribution in [1.29, 1.82) is 5.41 Å². The lowest BCUT2D eigenvalue weighted by molar-refractivity contribution is -0.122. The molecule has 2 heterocycles. The van der Waals surface area contributed by atoms with Crippen molar-refractivity contribution in [3.8, 4) is 0 Å². The Morgan fingerprint density at radius 2 is 1.93 bits per heavy atom. The first-order valence-corrected chi connectivity index (χ1v) is 9.37. The summed E-state index contributed by atoms with van der Waals surface area (Å²) in [6, 6.07) is 18.5. The second-order valence-corrected chi connectivity index (χ2v) is 7.15. The number of aromatic nitrogens is 1. The van der Waals surface area contributed by atoms with E-state index in [2.05, 4.69) is 34.5 Å². The van der Waals surface area contributed by atoms with E-state index in [1.165, 1.54) is 11.8 Å². The molecular formula is C22H24N4O. The predicted molar refractivity (Wildman–Crippen MR) is 108 cm³/mol. The van der Waals surface area contributed by atoms with Crippen molar-refractivity contribution in [3.63, 3.8) is 0 Å². The summed E-state index contributed by atoms with van der Waals surface area (Å²) in [6.07, 6.45) is 4.21. The molecule has 1 saturated heterocycles. The zero-order valence-corrected chi connectivity index (χ0v) is 15.3. The quantitative estimate of drug-likeness (QED) is 0.664. The number of hydrogen-bond acceptors (Lipinski definition) is 3. The Balaban J connectivity index is 1.36. The molecule has 1 unspecified atom stereocenters. The summed E-state index contributed by atoms with van der Waals surface area (Å²) in [4.78, 5) is 15.0. The fourth-order valence-electron chi connectivity index (χ4n) is 3.88. The van der Waals surface area contributed by atoms with Gasteiger partial charge in [0.25, 0.3) is 0 Å². The number of carbonyl (C=O) groups excluding carboxylic acids is 1. The second kappa shape index (κ2) is 7.76.